The van der Waals surface area contributed by atoms with E-state index in [4.69, 9.17) is 32.7 Å². The van der Waals surface area contributed by atoms with Gasteiger partial charge >= 0.3 is 0 Å². The first kappa shape index (κ1) is 33.4. The molecule has 2 amide bonds. The van der Waals surface area contributed by atoms with Crippen LogP contribution in [0.5, 0.6) is 11.5 Å². The molecule has 9 nitrogen and oxygen atoms in total. The van der Waals surface area contributed by atoms with Crippen molar-refractivity contribution in [2.24, 2.45) is 0 Å². The minimum atomic E-state index is -4.41. The Morgan fingerprint density at radius 2 is 1.64 bits per heavy atom. The van der Waals surface area contributed by atoms with Crippen LogP contribution in [0, 0.1) is 5.82 Å². The number of anilines is 1. The fraction of sp³-hybridized carbons (Fsp3) is 0.355. The number of halogens is 3. The molecule has 1 aliphatic heterocycles. The largest absolute Gasteiger partial charge is 0.486 e. The van der Waals surface area contributed by atoms with E-state index in [2.05, 4.69) is 5.32 Å². The van der Waals surface area contributed by atoms with Gasteiger partial charge in [0.15, 0.2) is 11.5 Å². The highest BCUT2D eigenvalue weighted by molar-refractivity contribution is 7.92. The van der Waals surface area contributed by atoms with Crippen molar-refractivity contribution < 1.29 is 31.9 Å². The van der Waals surface area contributed by atoms with E-state index in [1.54, 1.807) is 19.1 Å². The standard InChI is InChI=1S/C31H34Cl2FN3O6S/c1-4-20(3)35-31(39)27(5-2)36(18-21-6-7-22(32)16-26(21)33)30(38)19-37(24-10-8-23(34)9-11-24)44(40,41)25-12-13-28-29(17-25)43-15-14-42-28/h6-13,16-17,20,27H,4-5,14-15,18-19H2,1-3H3,(H,35,39)/t20-,27+/m0/s1. The van der Waals surface area contributed by atoms with Gasteiger partial charge in [-0.2, -0.15) is 0 Å². The zero-order valence-electron chi connectivity index (χ0n) is 24.6. The summed E-state index contributed by atoms with van der Waals surface area (Å²) in [6.07, 6.45) is 0.913. The van der Waals surface area contributed by atoms with Crippen molar-refractivity contribution in [3.05, 3.63) is 82.1 Å². The van der Waals surface area contributed by atoms with Crippen LogP contribution in [0.3, 0.4) is 0 Å². The third-order valence-electron chi connectivity index (χ3n) is 7.24. The number of nitrogens with zero attached hydrogens (tertiary/aromatic N) is 2. The van der Waals surface area contributed by atoms with E-state index in [0.29, 0.717) is 29.4 Å². The van der Waals surface area contributed by atoms with Crippen molar-refractivity contribution in [3.63, 3.8) is 0 Å². The minimum Gasteiger partial charge on any atom is -0.486 e. The molecule has 1 aliphatic rings. The van der Waals surface area contributed by atoms with E-state index in [-0.39, 0.29) is 52.9 Å². The lowest BCUT2D eigenvalue weighted by Gasteiger charge is -2.34. The molecule has 13 heteroatoms. The number of hydrogen-bond donors (Lipinski definition) is 1. The second-order valence-electron chi connectivity index (χ2n) is 10.3. The molecule has 0 saturated carbocycles. The monoisotopic (exact) mass is 665 g/mol. The Morgan fingerprint density at radius 1 is 0.955 bits per heavy atom. The fourth-order valence-electron chi connectivity index (χ4n) is 4.64. The number of carbonyl (C=O) groups is 2. The summed E-state index contributed by atoms with van der Waals surface area (Å²) in [5.41, 5.74) is 0.568. The van der Waals surface area contributed by atoms with E-state index in [0.717, 1.165) is 16.4 Å². The Bertz CT molecular complexity index is 1610. The number of benzene rings is 3. The van der Waals surface area contributed by atoms with E-state index in [9.17, 15) is 22.4 Å². The quantitative estimate of drug-likeness (QED) is 0.261. The summed E-state index contributed by atoms with van der Waals surface area (Å²) < 4.78 is 54.1. The highest BCUT2D eigenvalue weighted by Gasteiger charge is 2.35. The van der Waals surface area contributed by atoms with Gasteiger partial charge in [0.1, 0.15) is 31.6 Å². The zero-order chi connectivity index (χ0) is 32.0. The highest BCUT2D eigenvalue weighted by Crippen LogP contribution is 2.34. The molecule has 0 spiro atoms. The minimum absolute atomic E-state index is 0.0521. The predicted molar refractivity (Wildman–Crippen MR) is 167 cm³/mol. The summed E-state index contributed by atoms with van der Waals surface area (Å²) in [5.74, 6) is -1.00. The number of carbonyl (C=O) groups excluding carboxylic acids is 2. The van der Waals surface area contributed by atoms with Gasteiger partial charge in [0.2, 0.25) is 11.8 Å². The molecule has 3 aromatic carbocycles. The zero-order valence-corrected chi connectivity index (χ0v) is 26.9. The Balaban J connectivity index is 1.76. The third kappa shape index (κ3) is 7.75. The van der Waals surface area contributed by atoms with Gasteiger partial charge in [0, 0.05) is 28.7 Å². The maximum Gasteiger partial charge on any atom is 0.264 e. The fourth-order valence-corrected chi connectivity index (χ4v) is 6.54. The topological polar surface area (TPSA) is 105 Å². The molecule has 1 N–H and O–H groups in total. The molecule has 0 aromatic heterocycles. The second-order valence-corrected chi connectivity index (χ2v) is 13.0. The molecule has 0 aliphatic carbocycles. The number of rotatable bonds is 12. The second kappa shape index (κ2) is 14.5. The van der Waals surface area contributed by atoms with Gasteiger partial charge in [-0.25, -0.2) is 12.8 Å². The van der Waals surface area contributed by atoms with Crippen molar-refractivity contribution in [1.82, 2.24) is 10.2 Å². The van der Waals surface area contributed by atoms with Crippen LogP contribution in [0.4, 0.5) is 10.1 Å². The average Bonchev–Trinajstić information content (AvgIpc) is 3.00. The number of amides is 2. The molecule has 0 radical (unpaired) electrons. The molecule has 3 aromatic rings. The predicted octanol–water partition coefficient (Wildman–Crippen LogP) is 5.82. The first-order valence-corrected chi connectivity index (χ1v) is 16.4. The number of fused-ring (bicyclic) bond motifs is 1. The average molecular weight is 667 g/mol. The molecule has 2 atom stereocenters. The number of hydrogen-bond acceptors (Lipinski definition) is 6. The van der Waals surface area contributed by atoms with Gasteiger partial charge in [0.25, 0.3) is 10.0 Å². The van der Waals surface area contributed by atoms with Gasteiger partial charge in [-0.15, -0.1) is 0 Å². The number of sulfonamides is 1. The Labute approximate surface area is 266 Å². The maximum absolute atomic E-state index is 14.2. The molecule has 1 heterocycles. The Morgan fingerprint density at radius 3 is 2.27 bits per heavy atom. The Hall–Kier alpha value is -3.54. The smallest absolute Gasteiger partial charge is 0.264 e. The van der Waals surface area contributed by atoms with Gasteiger partial charge in [-0.1, -0.05) is 43.1 Å². The van der Waals surface area contributed by atoms with Gasteiger partial charge in [-0.05, 0) is 73.9 Å². The molecule has 0 unspecified atom stereocenters. The molecular formula is C31H34Cl2FN3O6S. The van der Waals surface area contributed by atoms with Crippen LogP contribution >= 0.6 is 23.2 Å². The van der Waals surface area contributed by atoms with Gasteiger partial charge in [-0.3, -0.25) is 13.9 Å². The molecule has 236 valence electrons. The summed E-state index contributed by atoms with van der Waals surface area (Å²) in [7, 11) is -4.41. The molecular weight excluding hydrogens is 632 g/mol. The Kier molecular flexibility index (Phi) is 11.0. The third-order valence-corrected chi connectivity index (χ3v) is 9.59. The van der Waals surface area contributed by atoms with Crippen molar-refractivity contribution in [3.8, 4) is 11.5 Å². The lowest BCUT2D eigenvalue weighted by Crippen LogP contribution is -2.53. The molecule has 0 fully saturated rings. The first-order valence-electron chi connectivity index (χ1n) is 14.2. The van der Waals surface area contributed by atoms with E-state index in [1.807, 2.05) is 13.8 Å². The maximum atomic E-state index is 14.2. The lowest BCUT2D eigenvalue weighted by atomic mass is 10.1. The molecule has 4 rings (SSSR count). The van der Waals surface area contributed by atoms with Crippen molar-refractivity contribution in [2.45, 2.75) is 57.1 Å². The number of nitrogens with one attached hydrogen (secondary N) is 1. The summed E-state index contributed by atoms with van der Waals surface area (Å²) in [5, 5.41) is 3.59. The van der Waals surface area contributed by atoms with E-state index in [1.165, 1.54) is 41.3 Å². The van der Waals surface area contributed by atoms with Crippen LogP contribution in [0.25, 0.3) is 0 Å². The van der Waals surface area contributed by atoms with Crippen LogP contribution in [0.15, 0.2) is 65.6 Å². The molecule has 44 heavy (non-hydrogen) atoms. The van der Waals surface area contributed by atoms with E-state index < -0.39 is 34.3 Å². The van der Waals surface area contributed by atoms with Crippen molar-refractivity contribution in [1.29, 1.82) is 0 Å². The van der Waals surface area contributed by atoms with Gasteiger partial charge in [0.05, 0.1) is 10.6 Å². The summed E-state index contributed by atoms with van der Waals surface area (Å²) in [4.78, 5) is 28.8. The molecule has 0 bridgehead atoms. The van der Waals surface area contributed by atoms with Crippen LogP contribution in [-0.4, -0.2) is 57.0 Å². The number of ether oxygens (including phenoxy) is 2. The van der Waals surface area contributed by atoms with Crippen LogP contribution in [0.2, 0.25) is 10.0 Å². The van der Waals surface area contributed by atoms with E-state index >= 15 is 0 Å². The van der Waals surface area contributed by atoms with Crippen LogP contribution < -0.4 is 19.1 Å². The normalized spacial score (nSPS) is 14.0. The van der Waals surface area contributed by atoms with Crippen LogP contribution in [0.1, 0.15) is 39.2 Å². The SMILES string of the molecule is CC[C@H](C(=O)N[C@@H](C)CC)N(Cc1ccc(Cl)cc1Cl)C(=O)CN(c1ccc(F)cc1)S(=O)(=O)c1ccc2c(c1)OCCO2. The highest BCUT2D eigenvalue weighted by atomic mass is 35.5. The van der Waals surface area contributed by atoms with Crippen LogP contribution in [-0.2, 0) is 26.2 Å². The molecule has 0 saturated heterocycles. The summed E-state index contributed by atoms with van der Waals surface area (Å²) >= 11 is 12.5. The summed E-state index contributed by atoms with van der Waals surface area (Å²) in [6.45, 7) is 5.31. The van der Waals surface area contributed by atoms with Gasteiger partial charge < -0.3 is 19.7 Å². The van der Waals surface area contributed by atoms with Crippen molar-refractivity contribution >= 4 is 50.7 Å². The lowest BCUT2D eigenvalue weighted by molar-refractivity contribution is -0.140. The summed E-state index contributed by atoms with van der Waals surface area (Å²) in [6, 6.07) is 12.6. The first-order chi connectivity index (χ1) is 20.9. The van der Waals surface area contributed by atoms with Crippen molar-refractivity contribution in [2.75, 3.05) is 24.1 Å².